The molecule has 1 amide bonds. The minimum Gasteiger partial charge on any atom is -0.465 e. The zero-order chi connectivity index (χ0) is 18.7. The molecule has 0 saturated carbocycles. The molecule has 0 bridgehead atoms. The Morgan fingerprint density at radius 2 is 1.42 bits per heavy atom. The van der Waals surface area contributed by atoms with E-state index in [0.717, 1.165) is 11.1 Å². The summed E-state index contributed by atoms with van der Waals surface area (Å²) in [5.74, 6) is 0. The summed E-state index contributed by atoms with van der Waals surface area (Å²) in [5.41, 5.74) is 2.79. The van der Waals surface area contributed by atoms with Crippen molar-refractivity contribution in [2.45, 2.75) is 16.7 Å². The lowest BCUT2D eigenvalue weighted by atomic mass is 10.0. The van der Waals surface area contributed by atoms with Gasteiger partial charge in [-0.05, 0) is 48.4 Å². The summed E-state index contributed by atoms with van der Waals surface area (Å²) in [6.07, 6.45) is -1.20. The second kappa shape index (κ2) is 7.01. The summed E-state index contributed by atoms with van der Waals surface area (Å²) >= 11 is 0. The molecular formula is C20H17NO4S. The van der Waals surface area contributed by atoms with Crippen LogP contribution in [0.1, 0.15) is 5.56 Å². The highest BCUT2D eigenvalue weighted by molar-refractivity contribution is 7.91. The summed E-state index contributed by atoms with van der Waals surface area (Å²) in [4.78, 5) is 11.0. The molecule has 0 aliphatic heterocycles. The summed E-state index contributed by atoms with van der Waals surface area (Å²) in [7, 11) is -3.75. The van der Waals surface area contributed by atoms with Crippen LogP contribution in [0.25, 0.3) is 11.1 Å². The standard InChI is InChI=1S/C20H17NO4S/c1-14-6-2-3-7-17(14)18-8-4-5-9-19(18)26(24,25)16-12-10-15(11-13-16)21-20(22)23/h2-13,21H,1H3,(H,22,23). The molecule has 3 aromatic rings. The van der Waals surface area contributed by atoms with Crippen molar-refractivity contribution in [2.75, 3.05) is 5.32 Å². The van der Waals surface area contributed by atoms with E-state index in [4.69, 9.17) is 5.11 Å². The predicted octanol–water partition coefficient (Wildman–Crippen LogP) is 4.58. The average molecular weight is 367 g/mol. The molecule has 0 unspecified atom stereocenters. The fraction of sp³-hybridized carbons (Fsp3) is 0.0500. The van der Waals surface area contributed by atoms with Gasteiger partial charge in [0.1, 0.15) is 0 Å². The van der Waals surface area contributed by atoms with Gasteiger partial charge in [-0.3, -0.25) is 5.32 Å². The summed E-state index contributed by atoms with van der Waals surface area (Å²) < 4.78 is 26.3. The van der Waals surface area contributed by atoms with Crippen LogP contribution < -0.4 is 5.32 Å². The van der Waals surface area contributed by atoms with Gasteiger partial charge in [0.05, 0.1) is 9.79 Å². The zero-order valence-corrected chi connectivity index (χ0v) is 14.8. The van der Waals surface area contributed by atoms with E-state index in [-0.39, 0.29) is 9.79 Å². The van der Waals surface area contributed by atoms with E-state index >= 15 is 0 Å². The normalized spacial score (nSPS) is 11.1. The molecule has 0 saturated heterocycles. The van der Waals surface area contributed by atoms with Crippen LogP contribution in [-0.4, -0.2) is 19.6 Å². The Balaban J connectivity index is 2.09. The minimum absolute atomic E-state index is 0.106. The van der Waals surface area contributed by atoms with Gasteiger partial charge in [0.2, 0.25) is 9.84 Å². The fourth-order valence-corrected chi connectivity index (χ4v) is 4.24. The first-order valence-corrected chi connectivity index (χ1v) is 9.38. The lowest BCUT2D eigenvalue weighted by molar-refractivity contribution is 0.209. The van der Waals surface area contributed by atoms with E-state index in [0.29, 0.717) is 11.3 Å². The van der Waals surface area contributed by atoms with Gasteiger partial charge in [-0.1, -0.05) is 42.5 Å². The molecule has 3 rings (SSSR count). The Hall–Kier alpha value is -3.12. The van der Waals surface area contributed by atoms with Crippen LogP contribution in [0, 0.1) is 6.92 Å². The van der Waals surface area contributed by atoms with Gasteiger partial charge in [-0.15, -0.1) is 0 Å². The molecule has 6 heteroatoms. The molecule has 0 heterocycles. The van der Waals surface area contributed by atoms with Crippen LogP contribution in [0.5, 0.6) is 0 Å². The average Bonchev–Trinajstić information content (AvgIpc) is 2.62. The third-order valence-electron chi connectivity index (χ3n) is 4.03. The number of carbonyl (C=O) groups is 1. The van der Waals surface area contributed by atoms with Crippen molar-refractivity contribution in [3.63, 3.8) is 0 Å². The number of carboxylic acid groups (broad SMARTS) is 1. The highest BCUT2D eigenvalue weighted by Gasteiger charge is 2.22. The summed E-state index contributed by atoms with van der Waals surface area (Å²) in [6.45, 7) is 1.94. The number of hydrogen-bond acceptors (Lipinski definition) is 3. The Labute approximate surface area is 151 Å². The van der Waals surface area contributed by atoms with Crippen molar-refractivity contribution in [2.24, 2.45) is 0 Å². The Morgan fingerprint density at radius 1 is 0.846 bits per heavy atom. The molecule has 2 N–H and O–H groups in total. The van der Waals surface area contributed by atoms with Gasteiger partial charge in [-0.2, -0.15) is 0 Å². The molecule has 0 aliphatic carbocycles. The van der Waals surface area contributed by atoms with Crippen molar-refractivity contribution in [1.82, 2.24) is 0 Å². The number of aryl methyl sites for hydroxylation is 1. The molecule has 0 aliphatic rings. The van der Waals surface area contributed by atoms with E-state index in [1.165, 1.54) is 24.3 Å². The molecule has 0 aromatic heterocycles. The monoisotopic (exact) mass is 367 g/mol. The van der Waals surface area contributed by atoms with Crippen LogP contribution in [-0.2, 0) is 9.84 Å². The molecule has 0 fully saturated rings. The van der Waals surface area contributed by atoms with Crippen LogP contribution in [0.15, 0.2) is 82.6 Å². The molecule has 0 atom stereocenters. The summed E-state index contributed by atoms with van der Waals surface area (Å²) in [6, 6.07) is 20.1. The smallest absolute Gasteiger partial charge is 0.409 e. The third kappa shape index (κ3) is 3.45. The number of nitrogens with one attached hydrogen (secondary N) is 1. The van der Waals surface area contributed by atoms with E-state index in [9.17, 15) is 13.2 Å². The molecule has 26 heavy (non-hydrogen) atoms. The van der Waals surface area contributed by atoms with Crippen LogP contribution in [0.3, 0.4) is 0 Å². The fourth-order valence-electron chi connectivity index (χ4n) is 2.77. The maximum absolute atomic E-state index is 13.1. The maximum Gasteiger partial charge on any atom is 0.409 e. The van der Waals surface area contributed by atoms with Crippen molar-refractivity contribution < 1.29 is 18.3 Å². The number of anilines is 1. The highest BCUT2D eigenvalue weighted by Crippen LogP contribution is 2.33. The van der Waals surface area contributed by atoms with Crippen molar-refractivity contribution in [3.05, 3.63) is 78.4 Å². The SMILES string of the molecule is Cc1ccccc1-c1ccccc1S(=O)(=O)c1ccc(NC(=O)O)cc1. The third-order valence-corrected chi connectivity index (χ3v) is 5.86. The van der Waals surface area contributed by atoms with E-state index < -0.39 is 15.9 Å². The first-order valence-electron chi connectivity index (χ1n) is 7.90. The quantitative estimate of drug-likeness (QED) is 0.707. The molecule has 0 spiro atoms. The first-order chi connectivity index (χ1) is 12.4. The van der Waals surface area contributed by atoms with E-state index in [1.54, 1.807) is 24.3 Å². The van der Waals surface area contributed by atoms with E-state index in [2.05, 4.69) is 5.32 Å². The largest absolute Gasteiger partial charge is 0.465 e. The lowest BCUT2D eigenvalue weighted by Gasteiger charge is -2.13. The van der Waals surface area contributed by atoms with Crippen molar-refractivity contribution >= 4 is 21.6 Å². The molecular weight excluding hydrogens is 350 g/mol. The lowest BCUT2D eigenvalue weighted by Crippen LogP contribution is -2.08. The van der Waals surface area contributed by atoms with Crippen LogP contribution >= 0.6 is 0 Å². The zero-order valence-electron chi connectivity index (χ0n) is 14.0. The molecule has 0 radical (unpaired) electrons. The molecule has 3 aromatic carbocycles. The van der Waals surface area contributed by atoms with Gasteiger partial charge < -0.3 is 5.11 Å². The highest BCUT2D eigenvalue weighted by atomic mass is 32.2. The Bertz CT molecular complexity index is 1060. The number of benzene rings is 3. The molecule has 5 nitrogen and oxygen atoms in total. The Morgan fingerprint density at radius 3 is 2.04 bits per heavy atom. The second-order valence-electron chi connectivity index (χ2n) is 5.77. The van der Waals surface area contributed by atoms with Gasteiger partial charge in [0.15, 0.2) is 0 Å². The maximum atomic E-state index is 13.1. The minimum atomic E-state index is -3.75. The van der Waals surface area contributed by atoms with E-state index in [1.807, 2.05) is 31.2 Å². The van der Waals surface area contributed by atoms with Gasteiger partial charge >= 0.3 is 6.09 Å². The van der Waals surface area contributed by atoms with Crippen LogP contribution in [0.4, 0.5) is 10.5 Å². The molecule has 132 valence electrons. The number of amides is 1. The predicted molar refractivity (Wildman–Crippen MR) is 100 cm³/mol. The van der Waals surface area contributed by atoms with Gasteiger partial charge in [0.25, 0.3) is 0 Å². The van der Waals surface area contributed by atoms with Crippen LogP contribution in [0.2, 0.25) is 0 Å². The van der Waals surface area contributed by atoms with Crippen molar-refractivity contribution in [1.29, 1.82) is 0 Å². The van der Waals surface area contributed by atoms with Gasteiger partial charge in [0, 0.05) is 11.3 Å². The Kier molecular flexibility index (Phi) is 4.77. The topological polar surface area (TPSA) is 83.5 Å². The van der Waals surface area contributed by atoms with Gasteiger partial charge in [-0.25, -0.2) is 13.2 Å². The number of rotatable bonds is 4. The second-order valence-corrected chi connectivity index (χ2v) is 7.69. The number of hydrogen-bond donors (Lipinski definition) is 2. The first kappa shape index (κ1) is 17.7. The summed E-state index contributed by atoms with van der Waals surface area (Å²) in [5, 5.41) is 10.9. The number of sulfone groups is 1. The van der Waals surface area contributed by atoms with Crippen molar-refractivity contribution in [3.8, 4) is 11.1 Å².